The van der Waals surface area contributed by atoms with Gasteiger partial charge in [0, 0.05) is 19.0 Å². The van der Waals surface area contributed by atoms with Crippen molar-refractivity contribution in [3.8, 4) is 0 Å². The molecule has 0 radical (unpaired) electrons. The highest BCUT2D eigenvalue weighted by molar-refractivity contribution is 7.92. The molecule has 242 valence electrons. The number of hydrogen-bond acceptors (Lipinski definition) is 4. The van der Waals surface area contributed by atoms with Crippen LogP contribution in [0.2, 0.25) is 10.0 Å². The van der Waals surface area contributed by atoms with Crippen LogP contribution in [0.5, 0.6) is 0 Å². The van der Waals surface area contributed by atoms with Gasteiger partial charge in [-0.2, -0.15) is 0 Å². The van der Waals surface area contributed by atoms with Crippen LogP contribution in [0.4, 0.5) is 5.69 Å². The van der Waals surface area contributed by atoms with Gasteiger partial charge in [-0.05, 0) is 68.7 Å². The van der Waals surface area contributed by atoms with E-state index in [1.807, 2.05) is 82.3 Å². The van der Waals surface area contributed by atoms with Gasteiger partial charge in [0.2, 0.25) is 11.8 Å². The minimum atomic E-state index is -4.25. The van der Waals surface area contributed by atoms with Crippen molar-refractivity contribution in [1.82, 2.24) is 10.2 Å². The highest BCUT2D eigenvalue weighted by atomic mass is 35.5. The number of hydrogen-bond donors (Lipinski definition) is 1. The summed E-state index contributed by atoms with van der Waals surface area (Å²) in [6.45, 7) is 7.21. The lowest BCUT2D eigenvalue weighted by molar-refractivity contribution is -0.140. The SMILES string of the molecule is CC[C@@H](C)NC(=O)[C@@H](Cc1ccccc1)N(Cc1ccc(C)cc1)C(=O)CN(c1ccc(Cl)c(Cl)c1)S(=O)(=O)c1ccc(C)cc1. The normalized spacial score (nSPS) is 12.7. The largest absolute Gasteiger partial charge is 0.352 e. The molecule has 0 aliphatic rings. The van der Waals surface area contributed by atoms with Crippen LogP contribution < -0.4 is 9.62 Å². The topological polar surface area (TPSA) is 86.8 Å². The van der Waals surface area contributed by atoms with E-state index in [4.69, 9.17) is 23.2 Å². The molecule has 0 heterocycles. The smallest absolute Gasteiger partial charge is 0.264 e. The number of rotatable bonds is 13. The number of halogens is 2. The Morgan fingerprint density at radius 3 is 2.00 bits per heavy atom. The summed E-state index contributed by atoms with van der Waals surface area (Å²) in [6.07, 6.45) is 0.938. The Kier molecular flexibility index (Phi) is 11.9. The molecule has 2 amide bonds. The maximum Gasteiger partial charge on any atom is 0.264 e. The predicted octanol–water partition coefficient (Wildman–Crippen LogP) is 7.36. The highest BCUT2D eigenvalue weighted by Crippen LogP contribution is 2.31. The number of carbonyl (C=O) groups excluding carboxylic acids is 2. The molecule has 4 aromatic rings. The van der Waals surface area contributed by atoms with Gasteiger partial charge in [0.05, 0.1) is 20.6 Å². The molecular weight excluding hydrogens is 641 g/mol. The zero-order valence-corrected chi connectivity index (χ0v) is 28.7. The van der Waals surface area contributed by atoms with Gasteiger partial charge in [-0.25, -0.2) is 8.42 Å². The fourth-order valence-electron chi connectivity index (χ4n) is 4.89. The van der Waals surface area contributed by atoms with Crippen molar-refractivity contribution in [2.45, 2.75) is 64.1 Å². The van der Waals surface area contributed by atoms with Crippen LogP contribution in [0.25, 0.3) is 0 Å². The summed E-state index contributed by atoms with van der Waals surface area (Å²) < 4.78 is 29.4. The Labute approximate surface area is 282 Å². The standard InChI is InChI=1S/C36H39Cl2N3O4S/c1-5-27(4)39-36(43)34(21-28-9-7-6-8-10-28)40(23-29-15-11-25(2)12-16-29)35(42)24-41(30-17-20-32(37)33(38)22-30)46(44,45)31-18-13-26(3)14-19-31/h6-20,22,27,34H,5,21,23-24H2,1-4H3,(H,39,43)/t27-,34-/m1/s1. The number of sulfonamides is 1. The summed E-state index contributed by atoms with van der Waals surface area (Å²) in [6, 6.07) is 26.9. The van der Waals surface area contributed by atoms with Crippen molar-refractivity contribution < 1.29 is 18.0 Å². The van der Waals surface area contributed by atoms with Crippen LogP contribution in [0.3, 0.4) is 0 Å². The van der Waals surface area contributed by atoms with E-state index >= 15 is 0 Å². The van der Waals surface area contributed by atoms with Crippen LogP contribution in [-0.2, 0) is 32.6 Å². The van der Waals surface area contributed by atoms with Crippen LogP contribution >= 0.6 is 23.2 Å². The molecule has 7 nitrogen and oxygen atoms in total. The third-order valence-corrected chi connectivity index (χ3v) is 10.4. The van der Waals surface area contributed by atoms with E-state index in [1.54, 1.807) is 12.1 Å². The molecule has 1 N–H and O–H groups in total. The van der Waals surface area contributed by atoms with Gasteiger partial charge in [-0.15, -0.1) is 0 Å². The van der Waals surface area contributed by atoms with E-state index in [-0.39, 0.29) is 45.5 Å². The first kappa shape index (κ1) is 35.0. The molecule has 0 spiro atoms. The zero-order chi connectivity index (χ0) is 33.4. The Balaban J connectivity index is 1.82. The van der Waals surface area contributed by atoms with Gasteiger partial charge in [0.25, 0.3) is 10.0 Å². The van der Waals surface area contributed by atoms with Crippen LogP contribution in [0, 0.1) is 13.8 Å². The van der Waals surface area contributed by atoms with Crippen molar-refractivity contribution in [3.63, 3.8) is 0 Å². The number of anilines is 1. The molecular formula is C36H39Cl2N3O4S. The van der Waals surface area contributed by atoms with Gasteiger partial charge in [-0.3, -0.25) is 13.9 Å². The monoisotopic (exact) mass is 679 g/mol. The summed E-state index contributed by atoms with van der Waals surface area (Å²) in [7, 11) is -4.25. The molecule has 0 aliphatic carbocycles. The number of aryl methyl sites for hydroxylation is 2. The van der Waals surface area contributed by atoms with Gasteiger partial charge in [0.15, 0.2) is 0 Å². The van der Waals surface area contributed by atoms with Gasteiger partial charge < -0.3 is 10.2 Å². The molecule has 0 bridgehead atoms. The minimum absolute atomic E-state index is 0.0115. The molecule has 0 aromatic heterocycles. The first-order chi connectivity index (χ1) is 21.9. The molecule has 10 heteroatoms. The number of amides is 2. The van der Waals surface area contributed by atoms with Crippen LogP contribution in [0.15, 0.2) is 102 Å². The highest BCUT2D eigenvalue weighted by Gasteiger charge is 2.35. The quantitative estimate of drug-likeness (QED) is 0.160. The lowest BCUT2D eigenvalue weighted by Gasteiger charge is -2.34. The average molecular weight is 681 g/mol. The molecule has 4 aromatic carbocycles. The number of carbonyl (C=O) groups is 2. The molecule has 0 aliphatic heterocycles. The Hall–Kier alpha value is -3.85. The second-order valence-corrected chi connectivity index (χ2v) is 14.1. The first-order valence-corrected chi connectivity index (χ1v) is 17.3. The number of nitrogens with one attached hydrogen (secondary N) is 1. The molecule has 2 atom stereocenters. The molecule has 0 fully saturated rings. The van der Waals surface area contributed by atoms with E-state index in [2.05, 4.69) is 5.32 Å². The lowest BCUT2D eigenvalue weighted by atomic mass is 10.0. The zero-order valence-electron chi connectivity index (χ0n) is 26.4. The van der Waals surface area contributed by atoms with E-state index < -0.39 is 28.5 Å². The maximum atomic E-state index is 14.6. The van der Waals surface area contributed by atoms with Crippen LogP contribution in [0.1, 0.15) is 42.5 Å². The molecule has 46 heavy (non-hydrogen) atoms. The first-order valence-electron chi connectivity index (χ1n) is 15.1. The van der Waals surface area contributed by atoms with E-state index in [0.29, 0.717) is 6.42 Å². The summed E-state index contributed by atoms with van der Waals surface area (Å²) in [5.41, 5.74) is 3.77. The Bertz CT molecular complexity index is 1750. The minimum Gasteiger partial charge on any atom is -0.352 e. The summed E-state index contributed by atoms with van der Waals surface area (Å²) in [5, 5.41) is 3.43. The molecule has 4 rings (SSSR count). The van der Waals surface area contributed by atoms with Crippen molar-refractivity contribution in [3.05, 3.63) is 129 Å². The maximum absolute atomic E-state index is 14.6. The Morgan fingerprint density at radius 1 is 0.804 bits per heavy atom. The van der Waals surface area contributed by atoms with Crippen molar-refractivity contribution in [1.29, 1.82) is 0 Å². The molecule has 0 saturated heterocycles. The van der Waals surface area contributed by atoms with Crippen molar-refractivity contribution in [2.75, 3.05) is 10.8 Å². The lowest BCUT2D eigenvalue weighted by Crippen LogP contribution is -2.54. The van der Waals surface area contributed by atoms with E-state index in [1.165, 1.54) is 35.2 Å². The van der Waals surface area contributed by atoms with Gasteiger partial charge >= 0.3 is 0 Å². The van der Waals surface area contributed by atoms with Crippen molar-refractivity contribution in [2.24, 2.45) is 0 Å². The van der Waals surface area contributed by atoms with E-state index in [9.17, 15) is 18.0 Å². The third-order valence-electron chi connectivity index (χ3n) is 7.82. The molecule has 0 unspecified atom stereocenters. The Morgan fingerprint density at radius 2 is 1.41 bits per heavy atom. The van der Waals surface area contributed by atoms with Crippen molar-refractivity contribution >= 4 is 50.7 Å². The van der Waals surface area contributed by atoms with E-state index in [0.717, 1.165) is 26.6 Å². The second kappa shape index (κ2) is 15.6. The number of nitrogens with zero attached hydrogens (tertiary/aromatic N) is 2. The average Bonchev–Trinajstić information content (AvgIpc) is 3.04. The fourth-order valence-corrected chi connectivity index (χ4v) is 6.59. The van der Waals surface area contributed by atoms with Gasteiger partial charge in [0.1, 0.15) is 12.6 Å². The molecule has 0 saturated carbocycles. The number of benzene rings is 4. The van der Waals surface area contributed by atoms with Gasteiger partial charge in [-0.1, -0.05) is 108 Å². The summed E-state index contributed by atoms with van der Waals surface area (Å²) in [4.78, 5) is 30.0. The predicted molar refractivity (Wildman–Crippen MR) is 186 cm³/mol. The summed E-state index contributed by atoms with van der Waals surface area (Å²) >= 11 is 12.5. The second-order valence-electron chi connectivity index (χ2n) is 11.5. The summed E-state index contributed by atoms with van der Waals surface area (Å²) in [5.74, 6) is -0.872. The fraction of sp³-hybridized carbons (Fsp3) is 0.278. The third kappa shape index (κ3) is 8.90. The van der Waals surface area contributed by atoms with Crippen LogP contribution in [-0.4, -0.2) is 43.8 Å².